The third-order valence-electron chi connectivity index (χ3n) is 5.13. The summed E-state index contributed by atoms with van der Waals surface area (Å²) in [6.45, 7) is 1.18. The van der Waals surface area contributed by atoms with Gasteiger partial charge in [-0.1, -0.05) is 11.6 Å². The fourth-order valence-electron chi connectivity index (χ4n) is 3.24. The number of halogens is 2. The summed E-state index contributed by atoms with van der Waals surface area (Å²) >= 11 is 5.92. The van der Waals surface area contributed by atoms with E-state index in [1.165, 1.54) is 57.5 Å². The number of amides is 1. The SMILES string of the molecule is COc1cc(C(=O)NCC(C)(O)c2ccc(OC)c(-c3ccc(F)c(Cl)c3)n2)ccc1OCC#N. The summed E-state index contributed by atoms with van der Waals surface area (Å²) < 4.78 is 29.5. The maximum Gasteiger partial charge on any atom is 0.251 e. The van der Waals surface area contributed by atoms with Crippen LogP contribution in [0.3, 0.4) is 0 Å². The topological polar surface area (TPSA) is 114 Å². The molecule has 1 heterocycles. The molecule has 1 aromatic heterocycles. The number of nitrogens with one attached hydrogen (secondary N) is 1. The number of benzene rings is 2. The average Bonchev–Trinajstić information content (AvgIpc) is 2.87. The lowest BCUT2D eigenvalue weighted by molar-refractivity contribution is 0.0489. The maximum absolute atomic E-state index is 13.6. The Kier molecular flexibility index (Phi) is 8.12. The zero-order valence-electron chi connectivity index (χ0n) is 19.3. The highest BCUT2D eigenvalue weighted by molar-refractivity contribution is 6.31. The van der Waals surface area contributed by atoms with E-state index in [0.29, 0.717) is 28.5 Å². The summed E-state index contributed by atoms with van der Waals surface area (Å²) in [4.78, 5) is 17.2. The van der Waals surface area contributed by atoms with Gasteiger partial charge in [0.2, 0.25) is 0 Å². The summed E-state index contributed by atoms with van der Waals surface area (Å²) in [6, 6.07) is 13.7. The molecule has 0 saturated heterocycles. The van der Waals surface area contributed by atoms with E-state index in [-0.39, 0.29) is 29.4 Å². The number of hydrogen-bond acceptors (Lipinski definition) is 7. The molecule has 2 N–H and O–H groups in total. The van der Waals surface area contributed by atoms with Crippen LogP contribution in [0.5, 0.6) is 17.2 Å². The molecule has 1 unspecified atom stereocenters. The lowest BCUT2D eigenvalue weighted by atomic mass is 9.99. The molecule has 0 aliphatic heterocycles. The third kappa shape index (κ3) is 5.98. The van der Waals surface area contributed by atoms with Crippen LogP contribution < -0.4 is 19.5 Å². The maximum atomic E-state index is 13.6. The number of ether oxygens (including phenoxy) is 3. The van der Waals surface area contributed by atoms with Gasteiger partial charge in [0.15, 0.2) is 18.1 Å². The van der Waals surface area contributed by atoms with Crippen molar-refractivity contribution in [2.75, 3.05) is 27.4 Å². The van der Waals surface area contributed by atoms with Gasteiger partial charge in [-0.25, -0.2) is 9.37 Å². The van der Waals surface area contributed by atoms with Gasteiger partial charge in [0, 0.05) is 11.1 Å². The number of nitrogens with zero attached hydrogens (tertiary/aromatic N) is 2. The Hall–Kier alpha value is -3.87. The van der Waals surface area contributed by atoms with Crippen molar-refractivity contribution in [3.05, 3.63) is 70.6 Å². The minimum absolute atomic E-state index is 0.0738. The van der Waals surface area contributed by atoms with Gasteiger partial charge in [-0.2, -0.15) is 5.26 Å². The minimum atomic E-state index is -1.56. The number of aromatic nitrogens is 1. The van der Waals surface area contributed by atoms with Gasteiger partial charge in [0.1, 0.15) is 28.9 Å². The Bertz CT molecular complexity index is 1280. The predicted molar refractivity (Wildman–Crippen MR) is 127 cm³/mol. The van der Waals surface area contributed by atoms with Crippen LogP contribution in [0.4, 0.5) is 4.39 Å². The molecule has 35 heavy (non-hydrogen) atoms. The molecule has 1 amide bonds. The predicted octanol–water partition coefficient (Wildman–Crippen LogP) is 4.10. The number of carbonyl (C=O) groups excluding carboxylic acids is 1. The fraction of sp³-hybridized carbons (Fsp3) is 0.240. The molecule has 3 rings (SSSR count). The summed E-state index contributed by atoms with van der Waals surface area (Å²) in [5.74, 6) is -0.00871. The smallest absolute Gasteiger partial charge is 0.251 e. The number of aliphatic hydroxyl groups is 1. The highest BCUT2D eigenvalue weighted by atomic mass is 35.5. The van der Waals surface area contributed by atoms with Crippen LogP contribution in [0.2, 0.25) is 5.02 Å². The van der Waals surface area contributed by atoms with E-state index < -0.39 is 17.3 Å². The standard InChI is InChI=1S/C25H23ClFN3O5/c1-25(32,14-29-24(31)16-5-7-19(35-11-10-28)21(13-16)34-3)22-9-8-20(33-2)23(30-22)15-4-6-18(27)17(26)12-15/h4-9,12-13,32H,11,14H2,1-3H3,(H,29,31). The van der Waals surface area contributed by atoms with Crippen LogP contribution in [0.1, 0.15) is 23.0 Å². The molecule has 0 fully saturated rings. The van der Waals surface area contributed by atoms with Crippen molar-refractivity contribution in [2.24, 2.45) is 0 Å². The lowest BCUT2D eigenvalue weighted by Crippen LogP contribution is -2.39. The van der Waals surface area contributed by atoms with Gasteiger partial charge < -0.3 is 24.6 Å². The molecule has 0 radical (unpaired) electrons. The van der Waals surface area contributed by atoms with Gasteiger partial charge in [-0.3, -0.25) is 4.79 Å². The second kappa shape index (κ2) is 11.0. The van der Waals surface area contributed by atoms with Gasteiger partial charge in [-0.05, 0) is 55.5 Å². The van der Waals surface area contributed by atoms with Gasteiger partial charge in [0.05, 0.1) is 31.5 Å². The Morgan fingerprint density at radius 3 is 2.51 bits per heavy atom. The highest BCUT2D eigenvalue weighted by Crippen LogP contribution is 2.33. The number of rotatable bonds is 9. The second-order valence-corrected chi connectivity index (χ2v) is 8.05. The van der Waals surface area contributed by atoms with Crippen molar-refractivity contribution in [3.63, 3.8) is 0 Å². The first-order valence-electron chi connectivity index (χ1n) is 10.4. The summed E-state index contributed by atoms with van der Waals surface area (Å²) in [5.41, 5.74) is -0.171. The van der Waals surface area contributed by atoms with Crippen molar-refractivity contribution in [1.29, 1.82) is 5.26 Å². The van der Waals surface area contributed by atoms with Crippen LogP contribution >= 0.6 is 11.6 Å². The Labute approximate surface area is 206 Å². The van der Waals surface area contributed by atoms with E-state index in [1.54, 1.807) is 12.1 Å². The van der Waals surface area contributed by atoms with Gasteiger partial charge in [-0.15, -0.1) is 0 Å². The molecule has 0 aliphatic rings. The molecule has 0 bridgehead atoms. The van der Waals surface area contributed by atoms with Crippen LogP contribution in [-0.4, -0.2) is 43.4 Å². The summed E-state index contributed by atoms with van der Waals surface area (Å²) in [5, 5.41) is 22.4. The van der Waals surface area contributed by atoms with Crippen molar-refractivity contribution in [2.45, 2.75) is 12.5 Å². The lowest BCUT2D eigenvalue weighted by Gasteiger charge is -2.24. The van der Waals surface area contributed by atoms with E-state index in [0.717, 1.165) is 0 Å². The number of carbonyl (C=O) groups is 1. The summed E-state index contributed by atoms with van der Waals surface area (Å²) in [7, 11) is 2.89. The van der Waals surface area contributed by atoms with Crippen LogP contribution in [0.15, 0.2) is 48.5 Å². The van der Waals surface area contributed by atoms with E-state index in [9.17, 15) is 14.3 Å². The first-order valence-corrected chi connectivity index (χ1v) is 10.8. The molecule has 10 heteroatoms. The average molecular weight is 500 g/mol. The highest BCUT2D eigenvalue weighted by Gasteiger charge is 2.27. The third-order valence-corrected chi connectivity index (χ3v) is 5.42. The molecular formula is C25H23ClFN3O5. The first kappa shape index (κ1) is 25.7. The molecule has 0 saturated carbocycles. The normalized spacial score (nSPS) is 12.3. The van der Waals surface area contributed by atoms with Crippen LogP contribution in [0.25, 0.3) is 11.3 Å². The number of hydrogen-bond donors (Lipinski definition) is 2. The molecule has 3 aromatic rings. The monoisotopic (exact) mass is 499 g/mol. The Morgan fingerprint density at radius 1 is 1.14 bits per heavy atom. The molecular weight excluding hydrogens is 477 g/mol. The minimum Gasteiger partial charge on any atom is -0.494 e. The van der Waals surface area contributed by atoms with Crippen molar-refractivity contribution >= 4 is 17.5 Å². The fourth-order valence-corrected chi connectivity index (χ4v) is 3.42. The quantitative estimate of drug-likeness (QED) is 0.455. The van der Waals surface area contributed by atoms with E-state index in [4.69, 9.17) is 31.1 Å². The molecule has 182 valence electrons. The van der Waals surface area contributed by atoms with Crippen molar-refractivity contribution < 1.29 is 28.5 Å². The Balaban J connectivity index is 1.81. The van der Waals surface area contributed by atoms with Crippen LogP contribution in [-0.2, 0) is 5.60 Å². The molecule has 8 nitrogen and oxygen atoms in total. The molecule has 1 atom stereocenters. The molecule has 0 spiro atoms. The van der Waals surface area contributed by atoms with E-state index in [2.05, 4.69) is 10.3 Å². The zero-order valence-corrected chi connectivity index (χ0v) is 20.0. The number of methoxy groups -OCH3 is 2. The Morgan fingerprint density at radius 2 is 1.86 bits per heavy atom. The first-order chi connectivity index (χ1) is 16.7. The largest absolute Gasteiger partial charge is 0.494 e. The number of pyridine rings is 1. The van der Waals surface area contributed by atoms with Crippen LogP contribution in [0, 0.1) is 17.1 Å². The zero-order chi connectivity index (χ0) is 25.6. The van der Waals surface area contributed by atoms with Gasteiger partial charge >= 0.3 is 0 Å². The van der Waals surface area contributed by atoms with Gasteiger partial charge in [0.25, 0.3) is 5.91 Å². The molecule has 0 aliphatic carbocycles. The van der Waals surface area contributed by atoms with Crippen molar-refractivity contribution in [1.82, 2.24) is 10.3 Å². The van der Waals surface area contributed by atoms with Crippen molar-refractivity contribution in [3.8, 4) is 34.6 Å². The number of nitriles is 1. The molecule has 2 aromatic carbocycles. The van der Waals surface area contributed by atoms with E-state index in [1.807, 2.05) is 6.07 Å². The summed E-state index contributed by atoms with van der Waals surface area (Å²) in [6.07, 6.45) is 0. The second-order valence-electron chi connectivity index (χ2n) is 7.65. The van der Waals surface area contributed by atoms with E-state index >= 15 is 0 Å².